The molecular weight excluding hydrogens is 409 g/mol. The third-order valence-corrected chi connectivity index (χ3v) is 6.53. The van der Waals surface area contributed by atoms with Crippen molar-refractivity contribution in [2.24, 2.45) is 5.73 Å². The smallest absolute Gasteiger partial charge is 0.244 e. The van der Waals surface area contributed by atoms with Crippen LogP contribution in [0, 0.1) is 0 Å². The topological polar surface area (TPSA) is 83.7 Å². The summed E-state index contributed by atoms with van der Waals surface area (Å²) in [6.45, 7) is 3.03. The third-order valence-electron chi connectivity index (χ3n) is 3.92. The molecule has 1 saturated heterocycles. The molecule has 1 atom stereocenters. The van der Waals surface area contributed by atoms with Gasteiger partial charge in [-0.2, -0.15) is 4.31 Å². The van der Waals surface area contributed by atoms with Crippen molar-refractivity contribution >= 4 is 51.5 Å². The summed E-state index contributed by atoms with van der Waals surface area (Å²) in [5, 5.41) is 0.442. The quantitative estimate of drug-likeness (QED) is 0.777. The predicted molar refractivity (Wildman–Crippen MR) is 102 cm³/mol. The van der Waals surface area contributed by atoms with Gasteiger partial charge in [-0.15, -0.1) is 12.4 Å². The lowest BCUT2D eigenvalue weighted by molar-refractivity contribution is -0.132. The molecule has 0 saturated carbocycles. The van der Waals surface area contributed by atoms with E-state index in [-0.39, 0.29) is 47.4 Å². The van der Waals surface area contributed by atoms with Crippen LogP contribution in [0.25, 0.3) is 0 Å². The number of rotatable bonds is 5. The van der Waals surface area contributed by atoms with Crippen LogP contribution in [0.5, 0.6) is 0 Å². The van der Waals surface area contributed by atoms with E-state index in [0.717, 1.165) is 0 Å². The molecule has 1 amide bonds. The minimum absolute atomic E-state index is 0. The Bertz CT molecular complexity index is 705. The number of amides is 1. The Kier molecular flexibility index (Phi) is 8.44. The maximum absolute atomic E-state index is 12.7. The first kappa shape index (κ1) is 22.5. The number of hydrogen-bond donors (Lipinski definition) is 1. The Morgan fingerprint density at radius 2 is 1.84 bits per heavy atom. The van der Waals surface area contributed by atoms with Crippen LogP contribution in [-0.4, -0.2) is 55.8 Å². The minimum atomic E-state index is -3.73. The highest BCUT2D eigenvalue weighted by Crippen LogP contribution is 2.28. The van der Waals surface area contributed by atoms with Crippen LogP contribution in [0.4, 0.5) is 0 Å². The van der Waals surface area contributed by atoms with Gasteiger partial charge in [0.05, 0.1) is 5.02 Å². The van der Waals surface area contributed by atoms with E-state index in [9.17, 15) is 13.2 Å². The maximum atomic E-state index is 12.7. The first-order valence-corrected chi connectivity index (χ1v) is 9.90. The average molecular weight is 431 g/mol. The minimum Gasteiger partial charge on any atom is -0.340 e. The molecule has 1 aliphatic heterocycles. The lowest BCUT2D eigenvalue weighted by Crippen LogP contribution is -2.50. The summed E-state index contributed by atoms with van der Waals surface area (Å²) in [5.74, 6) is 0.00476. The second-order valence-electron chi connectivity index (χ2n) is 5.88. The third kappa shape index (κ3) is 5.70. The molecule has 0 radical (unpaired) electrons. The molecule has 142 valence electrons. The summed E-state index contributed by atoms with van der Waals surface area (Å²) in [6.07, 6.45) is 1.00. The van der Waals surface area contributed by atoms with Crippen molar-refractivity contribution in [3.63, 3.8) is 0 Å². The van der Waals surface area contributed by atoms with E-state index >= 15 is 0 Å². The van der Waals surface area contributed by atoms with Crippen molar-refractivity contribution in [3.8, 4) is 0 Å². The number of carbonyl (C=O) groups is 1. The fourth-order valence-corrected chi connectivity index (χ4v) is 4.66. The van der Waals surface area contributed by atoms with Gasteiger partial charge in [-0.05, 0) is 31.5 Å². The zero-order chi connectivity index (χ0) is 17.9. The van der Waals surface area contributed by atoms with Crippen molar-refractivity contribution in [1.82, 2.24) is 9.21 Å². The van der Waals surface area contributed by atoms with Gasteiger partial charge in [-0.25, -0.2) is 8.42 Å². The molecule has 0 aromatic heterocycles. The molecule has 0 spiro atoms. The van der Waals surface area contributed by atoms with Crippen LogP contribution in [0.1, 0.15) is 19.8 Å². The number of nitrogens with zero attached hydrogens (tertiary/aromatic N) is 2. The fourth-order valence-electron chi connectivity index (χ4n) is 2.50. The maximum Gasteiger partial charge on any atom is 0.244 e. The van der Waals surface area contributed by atoms with Crippen LogP contribution >= 0.6 is 35.6 Å². The Hall–Kier alpha value is -0.570. The molecule has 0 bridgehead atoms. The summed E-state index contributed by atoms with van der Waals surface area (Å²) in [7, 11) is -3.73. The van der Waals surface area contributed by atoms with E-state index in [1.54, 1.807) is 4.90 Å². The predicted octanol–water partition coefficient (Wildman–Crippen LogP) is 2.38. The van der Waals surface area contributed by atoms with Crippen LogP contribution in [0.3, 0.4) is 0 Å². The first-order chi connectivity index (χ1) is 11.2. The van der Waals surface area contributed by atoms with Crippen LogP contribution < -0.4 is 5.73 Å². The summed E-state index contributed by atoms with van der Waals surface area (Å²) < 4.78 is 26.8. The van der Waals surface area contributed by atoms with E-state index < -0.39 is 10.0 Å². The SMILES string of the molecule is CC(N)CCC(=O)N1CCN(S(=O)(=O)c2cc(Cl)ccc2Cl)CC1.Cl. The Morgan fingerprint density at radius 1 is 1.24 bits per heavy atom. The van der Waals surface area contributed by atoms with Crippen LogP contribution in [0.2, 0.25) is 10.0 Å². The number of nitrogens with two attached hydrogens (primary N) is 1. The first-order valence-electron chi connectivity index (χ1n) is 7.70. The molecule has 25 heavy (non-hydrogen) atoms. The molecule has 2 N–H and O–H groups in total. The lowest BCUT2D eigenvalue weighted by Gasteiger charge is -2.34. The highest BCUT2D eigenvalue weighted by atomic mass is 35.5. The van der Waals surface area contributed by atoms with Gasteiger partial charge in [0.25, 0.3) is 0 Å². The molecule has 1 aromatic carbocycles. The fraction of sp³-hybridized carbons (Fsp3) is 0.533. The number of benzene rings is 1. The van der Waals surface area contributed by atoms with E-state index in [1.807, 2.05) is 6.92 Å². The Labute approximate surface area is 164 Å². The van der Waals surface area contributed by atoms with Gasteiger partial charge in [0.1, 0.15) is 4.90 Å². The molecule has 1 unspecified atom stereocenters. The zero-order valence-corrected chi connectivity index (χ0v) is 17.0. The van der Waals surface area contributed by atoms with E-state index in [4.69, 9.17) is 28.9 Å². The van der Waals surface area contributed by atoms with Crippen molar-refractivity contribution in [2.45, 2.75) is 30.7 Å². The van der Waals surface area contributed by atoms with E-state index in [0.29, 0.717) is 31.0 Å². The van der Waals surface area contributed by atoms with Crippen molar-refractivity contribution in [3.05, 3.63) is 28.2 Å². The highest BCUT2D eigenvalue weighted by molar-refractivity contribution is 7.89. The molecule has 1 aliphatic rings. The van der Waals surface area contributed by atoms with Crippen molar-refractivity contribution < 1.29 is 13.2 Å². The molecule has 0 aliphatic carbocycles. The van der Waals surface area contributed by atoms with Gasteiger partial charge in [-0.3, -0.25) is 4.79 Å². The molecule has 1 fully saturated rings. The van der Waals surface area contributed by atoms with Gasteiger partial charge in [-0.1, -0.05) is 23.2 Å². The van der Waals surface area contributed by atoms with Crippen LogP contribution in [-0.2, 0) is 14.8 Å². The summed E-state index contributed by atoms with van der Waals surface area (Å²) in [6, 6.07) is 4.32. The number of carbonyl (C=O) groups excluding carboxylic acids is 1. The monoisotopic (exact) mass is 429 g/mol. The largest absolute Gasteiger partial charge is 0.340 e. The van der Waals surface area contributed by atoms with Gasteiger partial charge < -0.3 is 10.6 Å². The number of sulfonamides is 1. The molecule has 2 rings (SSSR count). The summed E-state index contributed by atoms with van der Waals surface area (Å²) >= 11 is 11.9. The second-order valence-corrected chi connectivity index (χ2v) is 8.63. The number of halogens is 3. The van der Waals surface area contributed by atoms with E-state index in [2.05, 4.69) is 0 Å². The summed E-state index contributed by atoms with van der Waals surface area (Å²) in [5.41, 5.74) is 5.66. The average Bonchev–Trinajstić information content (AvgIpc) is 2.54. The van der Waals surface area contributed by atoms with Gasteiger partial charge in [0.2, 0.25) is 15.9 Å². The molecule has 6 nitrogen and oxygen atoms in total. The molecule has 10 heteroatoms. The standard InChI is InChI=1S/C15H21Cl2N3O3S.ClH/c1-11(18)2-5-15(21)19-6-8-20(9-7-19)24(22,23)14-10-12(16)3-4-13(14)17;/h3-4,10-11H,2,5-9,18H2,1H3;1H. The Morgan fingerprint density at radius 3 is 2.40 bits per heavy atom. The molecule has 1 aromatic rings. The van der Waals surface area contributed by atoms with Crippen molar-refractivity contribution in [1.29, 1.82) is 0 Å². The summed E-state index contributed by atoms with van der Waals surface area (Å²) in [4.78, 5) is 13.8. The van der Waals surface area contributed by atoms with E-state index in [1.165, 1.54) is 22.5 Å². The highest BCUT2D eigenvalue weighted by Gasteiger charge is 2.31. The number of hydrogen-bond acceptors (Lipinski definition) is 4. The molecule has 1 heterocycles. The Balaban J connectivity index is 0.00000312. The molecular formula is C15H22Cl3N3O3S. The second kappa shape index (κ2) is 9.39. The zero-order valence-electron chi connectivity index (χ0n) is 13.8. The van der Waals surface area contributed by atoms with Gasteiger partial charge in [0.15, 0.2) is 0 Å². The lowest BCUT2D eigenvalue weighted by atomic mass is 10.2. The van der Waals surface area contributed by atoms with Crippen molar-refractivity contribution in [2.75, 3.05) is 26.2 Å². The normalized spacial score (nSPS) is 17.0. The van der Waals surface area contributed by atoms with Gasteiger partial charge in [0, 0.05) is 43.7 Å². The number of piperazine rings is 1. The van der Waals surface area contributed by atoms with Crippen LogP contribution in [0.15, 0.2) is 23.1 Å². The van der Waals surface area contributed by atoms with Gasteiger partial charge >= 0.3 is 0 Å².